The molecule has 2 fully saturated rings. The fraction of sp³-hybridized carbons (Fsp3) is 0.231. The number of piperazine rings is 1. The van der Waals surface area contributed by atoms with Crippen LogP contribution in [0.2, 0.25) is 0 Å². The Labute approximate surface area is 199 Å². The van der Waals surface area contributed by atoms with Crippen LogP contribution in [0.15, 0.2) is 66.7 Å². The van der Waals surface area contributed by atoms with Gasteiger partial charge in [-0.1, -0.05) is 36.4 Å². The van der Waals surface area contributed by atoms with Gasteiger partial charge in [-0.05, 0) is 41.0 Å². The van der Waals surface area contributed by atoms with E-state index in [1.165, 1.54) is 17.0 Å². The number of benzene rings is 3. The topological polar surface area (TPSA) is 72.9 Å². The average molecular weight is 481 g/mol. The number of amides is 3. The number of aliphatic hydroxyl groups excluding tert-OH is 1. The Bertz CT molecular complexity index is 1270. The smallest absolute Gasteiger partial charge is 0.322 e. The van der Waals surface area contributed by atoms with Crippen molar-refractivity contribution >= 4 is 17.6 Å². The van der Waals surface area contributed by atoms with Crippen LogP contribution in [-0.2, 0) is 4.79 Å². The molecule has 0 spiro atoms. The lowest BCUT2D eigenvalue weighted by atomic mass is 9.73. The maximum atomic E-state index is 14.0. The molecule has 0 saturated carbocycles. The number of carbonyl (C=O) groups is 2. The van der Waals surface area contributed by atoms with Crippen molar-refractivity contribution in [3.05, 3.63) is 89.7 Å². The SMILES string of the molecule is O=C(Nc1cc(F)ccc1F)N1CC(=O)N2[C@H](CO)[C@@H](c3ccc(-c4ccc(F)cc4)cc3)[C@@H]2C1. The van der Waals surface area contributed by atoms with Crippen molar-refractivity contribution in [2.75, 3.05) is 25.0 Å². The van der Waals surface area contributed by atoms with Gasteiger partial charge in [-0.3, -0.25) is 4.79 Å². The maximum Gasteiger partial charge on any atom is 0.322 e. The van der Waals surface area contributed by atoms with Crippen molar-refractivity contribution in [3.63, 3.8) is 0 Å². The molecule has 2 aliphatic rings. The van der Waals surface area contributed by atoms with E-state index >= 15 is 0 Å². The fourth-order valence-electron chi connectivity index (χ4n) is 4.98. The first-order valence-corrected chi connectivity index (χ1v) is 11.1. The monoisotopic (exact) mass is 481 g/mol. The summed E-state index contributed by atoms with van der Waals surface area (Å²) in [6.07, 6.45) is 0. The summed E-state index contributed by atoms with van der Waals surface area (Å²) in [4.78, 5) is 28.4. The Balaban J connectivity index is 1.34. The third kappa shape index (κ3) is 4.23. The van der Waals surface area contributed by atoms with Crippen molar-refractivity contribution in [3.8, 4) is 11.1 Å². The highest BCUT2D eigenvalue weighted by atomic mass is 19.1. The molecule has 0 aliphatic carbocycles. The Morgan fingerprint density at radius 3 is 2.23 bits per heavy atom. The van der Waals surface area contributed by atoms with Crippen LogP contribution in [0.4, 0.5) is 23.7 Å². The van der Waals surface area contributed by atoms with Crippen molar-refractivity contribution in [2.24, 2.45) is 0 Å². The number of aliphatic hydroxyl groups is 1. The first-order valence-electron chi connectivity index (χ1n) is 11.1. The van der Waals surface area contributed by atoms with Crippen molar-refractivity contribution in [1.29, 1.82) is 0 Å². The highest BCUT2D eigenvalue weighted by Crippen LogP contribution is 2.43. The van der Waals surface area contributed by atoms with Gasteiger partial charge in [0.25, 0.3) is 0 Å². The van der Waals surface area contributed by atoms with Crippen LogP contribution < -0.4 is 5.32 Å². The number of halogens is 3. The maximum absolute atomic E-state index is 14.0. The number of carbonyl (C=O) groups excluding carboxylic acids is 2. The average Bonchev–Trinajstić information content (AvgIpc) is 2.83. The van der Waals surface area contributed by atoms with E-state index in [-0.39, 0.29) is 49.1 Å². The third-order valence-corrected chi connectivity index (χ3v) is 6.68. The summed E-state index contributed by atoms with van der Waals surface area (Å²) in [5.41, 5.74) is 2.33. The van der Waals surface area contributed by atoms with Crippen molar-refractivity contribution in [1.82, 2.24) is 9.80 Å². The summed E-state index contributed by atoms with van der Waals surface area (Å²) in [7, 11) is 0. The first kappa shape index (κ1) is 22.9. The van der Waals surface area contributed by atoms with E-state index in [0.29, 0.717) is 0 Å². The Morgan fingerprint density at radius 2 is 1.57 bits per heavy atom. The van der Waals surface area contributed by atoms with Gasteiger partial charge in [0.2, 0.25) is 5.91 Å². The molecule has 3 atom stereocenters. The summed E-state index contributed by atoms with van der Waals surface area (Å²) >= 11 is 0. The Hall–Kier alpha value is -3.85. The van der Waals surface area contributed by atoms with E-state index in [1.807, 2.05) is 24.3 Å². The van der Waals surface area contributed by atoms with Gasteiger partial charge >= 0.3 is 6.03 Å². The summed E-state index contributed by atoms with van der Waals surface area (Å²) in [5.74, 6) is -2.34. The standard InChI is InChI=1S/C26H22F3N3O3/c27-18-7-5-16(6-8-18)15-1-3-17(4-2-15)25-22-12-31(13-24(34)32(22)23(25)14-33)26(35)30-21-11-19(28)9-10-20(21)29/h1-11,22-23,25,33H,12-14H2,(H,30,35)/t22-,23+,25-/m0/s1. The lowest BCUT2D eigenvalue weighted by molar-refractivity contribution is -0.159. The third-order valence-electron chi connectivity index (χ3n) is 6.68. The number of fused-ring (bicyclic) bond motifs is 1. The molecule has 35 heavy (non-hydrogen) atoms. The number of hydrogen-bond donors (Lipinski definition) is 2. The lowest BCUT2D eigenvalue weighted by Crippen LogP contribution is -2.73. The van der Waals surface area contributed by atoms with Crippen LogP contribution in [0.1, 0.15) is 11.5 Å². The van der Waals surface area contributed by atoms with Crippen molar-refractivity contribution in [2.45, 2.75) is 18.0 Å². The van der Waals surface area contributed by atoms with Crippen LogP contribution >= 0.6 is 0 Å². The van der Waals surface area contributed by atoms with Gasteiger partial charge < -0.3 is 20.2 Å². The molecule has 0 bridgehead atoms. The second kappa shape index (κ2) is 9.07. The molecule has 2 saturated heterocycles. The summed E-state index contributed by atoms with van der Waals surface area (Å²) in [6.45, 7) is -0.283. The quantitative estimate of drug-likeness (QED) is 0.592. The number of rotatable bonds is 4. The van der Waals surface area contributed by atoms with Crippen LogP contribution in [0.5, 0.6) is 0 Å². The van der Waals surface area contributed by atoms with Gasteiger partial charge in [0.15, 0.2) is 0 Å². The Morgan fingerprint density at radius 1 is 0.943 bits per heavy atom. The van der Waals surface area contributed by atoms with Crippen LogP contribution in [0.25, 0.3) is 11.1 Å². The van der Waals surface area contributed by atoms with Gasteiger partial charge in [0, 0.05) is 18.5 Å². The number of anilines is 1. The van der Waals surface area contributed by atoms with Crippen LogP contribution in [0, 0.1) is 17.5 Å². The predicted octanol–water partition coefficient (Wildman–Crippen LogP) is 3.97. The molecule has 3 aromatic rings. The number of urea groups is 1. The minimum absolute atomic E-state index is 0.176. The molecule has 2 aliphatic heterocycles. The number of nitrogens with one attached hydrogen (secondary N) is 1. The highest BCUT2D eigenvalue weighted by Gasteiger charge is 2.54. The van der Waals surface area contributed by atoms with E-state index in [4.69, 9.17) is 0 Å². The molecule has 180 valence electrons. The lowest BCUT2D eigenvalue weighted by Gasteiger charge is -2.58. The summed E-state index contributed by atoms with van der Waals surface area (Å²) in [5, 5.41) is 12.3. The second-order valence-corrected chi connectivity index (χ2v) is 8.71. The molecule has 0 radical (unpaired) electrons. The molecular formula is C26H22F3N3O3. The summed E-state index contributed by atoms with van der Waals surface area (Å²) in [6, 6.07) is 15.0. The first-order chi connectivity index (χ1) is 16.9. The number of nitrogens with zero attached hydrogens (tertiary/aromatic N) is 2. The largest absolute Gasteiger partial charge is 0.394 e. The van der Waals surface area contributed by atoms with E-state index in [1.54, 1.807) is 17.0 Å². The number of hydrogen-bond acceptors (Lipinski definition) is 3. The van der Waals surface area contributed by atoms with Crippen molar-refractivity contribution < 1.29 is 27.9 Å². The van der Waals surface area contributed by atoms with Gasteiger partial charge in [0.05, 0.1) is 24.4 Å². The molecule has 0 aromatic heterocycles. The minimum Gasteiger partial charge on any atom is -0.394 e. The summed E-state index contributed by atoms with van der Waals surface area (Å²) < 4.78 is 40.6. The molecule has 5 rings (SSSR count). The normalized spacial score (nSPS) is 21.4. The molecule has 6 nitrogen and oxygen atoms in total. The zero-order valence-electron chi connectivity index (χ0n) is 18.5. The van der Waals surface area contributed by atoms with E-state index in [9.17, 15) is 27.9 Å². The van der Waals surface area contributed by atoms with Gasteiger partial charge in [-0.2, -0.15) is 0 Å². The van der Waals surface area contributed by atoms with Gasteiger partial charge in [-0.15, -0.1) is 0 Å². The zero-order valence-corrected chi connectivity index (χ0v) is 18.5. The predicted molar refractivity (Wildman–Crippen MR) is 123 cm³/mol. The van der Waals surface area contributed by atoms with Gasteiger partial charge in [0.1, 0.15) is 24.0 Å². The molecule has 0 unspecified atom stereocenters. The fourth-order valence-corrected chi connectivity index (χ4v) is 4.98. The molecule has 9 heteroatoms. The second-order valence-electron chi connectivity index (χ2n) is 8.71. The van der Waals surface area contributed by atoms with Crippen LogP contribution in [0.3, 0.4) is 0 Å². The Kier molecular flexibility index (Phi) is 5.94. The highest BCUT2D eigenvalue weighted by molar-refractivity contribution is 5.94. The molecular weight excluding hydrogens is 459 g/mol. The molecule has 2 N–H and O–H groups in total. The minimum atomic E-state index is -0.784. The zero-order chi connectivity index (χ0) is 24.7. The van der Waals surface area contributed by atoms with E-state index in [2.05, 4.69) is 5.32 Å². The molecule has 2 heterocycles. The molecule has 3 aromatic carbocycles. The molecule has 3 amide bonds. The van der Waals surface area contributed by atoms with E-state index < -0.39 is 23.7 Å². The van der Waals surface area contributed by atoms with Gasteiger partial charge in [-0.25, -0.2) is 18.0 Å². The van der Waals surface area contributed by atoms with E-state index in [0.717, 1.165) is 34.9 Å². The van der Waals surface area contributed by atoms with Crippen LogP contribution in [-0.4, -0.2) is 58.6 Å².